The summed E-state index contributed by atoms with van der Waals surface area (Å²) in [6.45, 7) is 1.37. The predicted octanol–water partition coefficient (Wildman–Crippen LogP) is 4.77. The first kappa shape index (κ1) is 17.1. The van der Waals surface area contributed by atoms with E-state index in [0.717, 1.165) is 0 Å². The van der Waals surface area contributed by atoms with Crippen LogP contribution in [0.4, 0.5) is 15.8 Å². The third-order valence-corrected chi connectivity index (χ3v) is 3.52. The highest BCUT2D eigenvalue weighted by Crippen LogP contribution is 2.30. The Bertz CT molecular complexity index is 789. The molecule has 23 heavy (non-hydrogen) atoms. The van der Waals surface area contributed by atoms with Crippen LogP contribution in [0.2, 0.25) is 10.0 Å². The molecule has 2 aromatic carbocycles. The molecule has 1 atom stereocenters. The van der Waals surface area contributed by atoms with Gasteiger partial charge in [0, 0.05) is 28.9 Å². The second-order valence-electron chi connectivity index (χ2n) is 4.75. The summed E-state index contributed by atoms with van der Waals surface area (Å²) in [6.07, 6.45) is 0. The average Bonchev–Trinajstić information content (AvgIpc) is 2.50. The lowest BCUT2D eigenvalue weighted by Gasteiger charge is -2.18. The van der Waals surface area contributed by atoms with Gasteiger partial charge in [0.1, 0.15) is 11.9 Å². The van der Waals surface area contributed by atoms with Crippen LogP contribution in [0.3, 0.4) is 0 Å². The van der Waals surface area contributed by atoms with Gasteiger partial charge < -0.3 is 10.6 Å². The number of anilines is 2. The van der Waals surface area contributed by atoms with Crippen molar-refractivity contribution in [3.05, 3.63) is 57.8 Å². The Hall–Kier alpha value is -2.29. The topological polar surface area (TPSA) is 64.9 Å². The first-order valence-corrected chi connectivity index (χ1v) is 7.34. The first-order chi connectivity index (χ1) is 10.9. The fourth-order valence-corrected chi connectivity index (χ4v) is 2.37. The highest BCUT2D eigenvalue weighted by atomic mass is 35.5. The Morgan fingerprint density at radius 3 is 2.61 bits per heavy atom. The fourth-order valence-electron chi connectivity index (χ4n) is 2.01. The summed E-state index contributed by atoms with van der Waals surface area (Å²) in [6, 6.07) is 10.1. The van der Waals surface area contributed by atoms with Crippen molar-refractivity contribution >= 4 is 40.5 Å². The third-order valence-electron chi connectivity index (χ3n) is 3.00. The molecule has 1 amide bonds. The van der Waals surface area contributed by atoms with E-state index in [1.807, 2.05) is 0 Å². The number of nitrogens with zero attached hydrogens (tertiary/aromatic N) is 1. The van der Waals surface area contributed by atoms with Gasteiger partial charge >= 0.3 is 0 Å². The number of rotatable bonds is 4. The minimum absolute atomic E-state index is 0.0557. The summed E-state index contributed by atoms with van der Waals surface area (Å²) < 4.78 is 13.2. The van der Waals surface area contributed by atoms with Gasteiger partial charge in [0.2, 0.25) is 5.91 Å². The summed E-state index contributed by atoms with van der Waals surface area (Å²) in [5, 5.41) is 15.4. The lowest BCUT2D eigenvalue weighted by atomic mass is 10.0. The number of nitriles is 1. The Kier molecular flexibility index (Phi) is 5.43. The molecule has 0 saturated heterocycles. The van der Waals surface area contributed by atoms with Crippen molar-refractivity contribution in [1.29, 1.82) is 5.26 Å². The molecule has 0 aliphatic carbocycles. The molecule has 2 N–H and O–H groups in total. The summed E-state index contributed by atoms with van der Waals surface area (Å²) in [5.74, 6) is -0.817. The van der Waals surface area contributed by atoms with E-state index in [4.69, 9.17) is 23.2 Å². The van der Waals surface area contributed by atoms with Crippen LogP contribution in [0.5, 0.6) is 0 Å². The Labute approximate surface area is 142 Å². The molecule has 0 saturated carbocycles. The number of carbonyl (C=O) groups is 1. The van der Waals surface area contributed by atoms with Gasteiger partial charge in [-0.15, -0.1) is 0 Å². The molecule has 0 radical (unpaired) electrons. The quantitative estimate of drug-likeness (QED) is 0.833. The maximum atomic E-state index is 13.2. The lowest BCUT2D eigenvalue weighted by molar-refractivity contribution is -0.114. The van der Waals surface area contributed by atoms with Gasteiger partial charge in [-0.05, 0) is 36.4 Å². The van der Waals surface area contributed by atoms with Crippen LogP contribution in [0.1, 0.15) is 18.5 Å². The van der Waals surface area contributed by atoms with Gasteiger partial charge in [-0.1, -0.05) is 23.2 Å². The maximum Gasteiger partial charge on any atom is 0.221 e. The monoisotopic (exact) mass is 351 g/mol. The lowest BCUT2D eigenvalue weighted by Crippen LogP contribution is -2.14. The van der Waals surface area contributed by atoms with Crippen molar-refractivity contribution < 1.29 is 9.18 Å². The normalized spacial score (nSPS) is 11.4. The van der Waals surface area contributed by atoms with Gasteiger partial charge in [0.25, 0.3) is 0 Å². The van der Waals surface area contributed by atoms with E-state index < -0.39 is 11.9 Å². The SMILES string of the molecule is CC(=O)Nc1ccc(Cl)cc1C(C#N)Nc1ccc(F)c(Cl)c1. The second kappa shape index (κ2) is 7.32. The third kappa shape index (κ3) is 4.35. The molecule has 0 aliphatic heterocycles. The predicted molar refractivity (Wildman–Crippen MR) is 89.1 cm³/mol. The molecule has 1 unspecified atom stereocenters. The number of nitrogens with one attached hydrogen (secondary N) is 2. The standard InChI is InChI=1S/C16H12Cl2FN3O/c1-9(23)21-15-5-2-10(17)6-12(15)16(8-20)22-11-3-4-14(19)13(18)7-11/h2-7,16,22H,1H3,(H,21,23). The van der Waals surface area contributed by atoms with Crippen molar-refractivity contribution in [2.45, 2.75) is 13.0 Å². The smallest absolute Gasteiger partial charge is 0.221 e. The first-order valence-electron chi connectivity index (χ1n) is 6.59. The Balaban J connectivity index is 2.37. The number of carbonyl (C=O) groups excluding carboxylic acids is 1. The minimum atomic E-state index is -0.808. The van der Waals surface area contributed by atoms with Gasteiger partial charge in [-0.2, -0.15) is 5.26 Å². The van der Waals surface area contributed by atoms with Crippen LogP contribution >= 0.6 is 23.2 Å². The molecule has 4 nitrogen and oxygen atoms in total. The molecule has 0 aromatic heterocycles. The van der Waals surface area contributed by atoms with Crippen molar-refractivity contribution in [2.75, 3.05) is 10.6 Å². The van der Waals surface area contributed by atoms with E-state index in [-0.39, 0.29) is 10.9 Å². The summed E-state index contributed by atoms with van der Waals surface area (Å²) in [5.41, 5.74) is 1.43. The Morgan fingerprint density at radius 1 is 1.26 bits per heavy atom. The molecule has 0 spiro atoms. The zero-order chi connectivity index (χ0) is 17.0. The van der Waals surface area contributed by atoms with Crippen LogP contribution in [0.25, 0.3) is 0 Å². The van der Waals surface area contributed by atoms with Gasteiger partial charge in [-0.3, -0.25) is 4.79 Å². The van der Waals surface area contributed by atoms with Crippen molar-refractivity contribution in [1.82, 2.24) is 0 Å². The molecule has 118 valence electrons. The summed E-state index contributed by atoms with van der Waals surface area (Å²) in [4.78, 5) is 11.3. The van der Waals surface area contributed by atoms with E-state index >= 15 is 0 Å². The molecule has 0 fully saturated rings. The Morgan fingerprint density at radius 2 is 2.00 bits per heavy atom. The van der Waals surface area contributed by atoms with Gasteiger partial charge in [0.15, 0.2) is 0 Å². The van der Waals surface area contributed by atoms with Crippen LogP contribution in [0, 0.1) is 17.1 Å². The highest BCUT2D eigenvalue weighted by molar-refractivity contribution is 6.31. The van der Waals surface area contributed by atoms with Crippen LogP contribution in [-0.4, -0.2) is 5.91 Å². The number of hydrogen-bond donors (Lipinski definition) is 2. The number of benzene rings is 2. The maximum absolute atomic E-state index is 13.2. The van der Waals surface area contributed by atoms with Crippen molar-refractivity contribution in [3.8, 4) is 6.07 Å². The van der Waals surface area contributed by atoms with Crippen LogP contribution in [0.15, 0.2) is 36.4 Å². The number of hydrogen-bond acceptors (Lipinski definition) is 3. The van der Waals surface area contributed by atoms with E-state index in [2.05, 4.69) is 16.7 Å². The molecule has 2 rings (SSSR count). The fraction of sp³-hybridized carbons (Fsp3) is 0.125. The molecule has 2 aromatic rings. The molecule has 0 aliphatic rings. The molecular weight excluding hydrogens is 340 g/mol. The largest absolute Gasteiger partial charge is 0.366 e. The molecular formula is C16H12Cl2FN3O. The zero-order valence-corrected chi connectivity index (χ0v) is 13.5. The van der Waals surface area contributed by atoms with E-state index in [1.165, 1.54) is 25.1 Å². The van der Waals surface area contributed by atoms with Crippen LogP contribution < -0.4 is 10.6 Å². The summed E-state index contributed by atoms with van der Waals surface area (Å²) in [7, 11) is 0. The molecule has 0 heterocycles. The molecule has 7 heteroatoms. The van der Waals surface area contributed by atoms with Crippen molar-refractivity contribution in [3.63, 3.8) is 0 Å². The van der Waals surface area contributed by atoms with Crippen molar-refractivity contribution in [2.24, 2.45) is 0 Å². The van der Waals surface area contributed by atoms with E-state index in [0.29, 0.717) is 22.0 Å². The number of halogens is 3. The highest BCUT2D eigenvalue weighted by Gasteiger charge is 2.17. The van der Waals surface area contributed by atoms with E-state index in [1.54, 1.807) is 18.2 Å². The average molecular weight is 352 g/mol. The molecule has 0 bridgehead atoms. The summed E-state index contributed by atoms with van der Waals surface area (Å²) >= 11 is 11.7. The zero-order valence-electron chi connectivity index (χ0n) is 12.0. The van der Waals surface area contributed by atoms with Gasteiger partial charge in [-0.25, -0.2) is 4.39 Å². The minimum Gasteiger partial charge on any atom is -0.366 e. The van der Waals surface area contributed by atoms with E-state index in [9.17, 15) is 14.4 Å². The second-order valence-corrected chi connectivity index (χ2v) is 5.59. The number of amides is 1. The van der Waals surface area contributed by atoms with Crippen LogP contribution in [-0.2, 0) is 4.79 Å². The van der Waals surface area contributed by atoms with Gasteiger partial charge in [0.05, 0.1) is 11.1 Å².